The van der Waals surface area contributed by atoms with E-state index in [1.807, 2.05) is 6.07 Å². The summed E-state index contributed by atoms with van der Waals surface area (Å²) in [5.41, 5.74) is 0.285. The zero-order valence-corrected chi connectivity index (χ0v) is 14.9. The van der Waals surface area contributed by atoms with E-state index in [1.54, 1.807) is 38.3 Å². The van der Waals surface area contributed by atoms with E-state index in [0.717, 1.165) is 4.57 Å². The van der Waals surface area contributed by atoms with Crippen LogP contribution < -0.4 is 10.3 Å². The number of benzene rings is 1. The molecule has 0 bridgehead atoms. The summed E-state index contributed by atoms with van der Waals surface area (Å²) in [6.45, 7) is 2.18. The molecule has 0 fully saturated rings. The summed E-state index contributed by atoms with van der Waals surface area (Å²) < 4.78 is 11.2. The maximum Gasteiger partial charge on any atom is 0.281 e. The number of aromatic hydroxyl groups is 1. The molecule has 2 rings (SSSR count). The standard InChI is InChI=1S/C18H20N4O4/c1-12-15(11-19)17(23)22(8-5-9-25-2)18(24)16(12)21-20-13-6-4-7-14(10-13)26-3/h4,6-7,10,23H,5,8-9H2,1-3H3. The first-order chi connectivity index (χ1) is 12.5. The van der Waals surface area contributed by atoms with Crippen molar-refractivity contribution in [2.45, 2.75) is 19.9 Å². The first-order valence-corrected chi connectivity index (χ1v) is 7.94. The van der Waals surface area contributed by atoms with Gasteiger partial charge in [0.2, 0.25) is 5.88 Å². The Morgan fingerprint density at radius 1 is 1.31 bits per heavy atom. The van der Waals surface area contributed by atoms with E-state index < -0.39 is 5.56 Å². The number of nitrogens with zero attached hydrogens (tertiary/aromatic N) is 4. The minimum atomic E-state index is -0.512. The maximum absolute atomic E-state index is 12.7. The normalized spacial score (nSPS) is 10.8. The molecule has 1 N–H and O–H groups in total. The number of azo groups is 1. The van der Waals surface area contributed by atoms with Crippen molar-refractivity contribution in [2.75, 3.05) is 20.8 Å². The molecule has 0 aliphatic carbocycles. The number of ether oxygens (including phenoxy) is 2. The fourth-order valence-corrected chi connectivity index (χ4v) is 2.41. The van der Waals surface area contributed by atoms with Gasteiger partial charge in [0.15, 0.2) is 5.69 Å². The second kappa shape index (κ2) is 8.78. The third kappa shape index (κ3) is 4.07. The second-order valence-corrected chi connectivity index (χ2v) is 5.49. The molecule has 2 aromatic rings. The van der Waals surface area contributed by atoms with Crippen LogP contribution in [0.2, 0.25) is 0 Å². The summed E-state index contributed by atoms with van der Waals surface area (Å²) in [4.78, 5) is 12.7. The van der Waals surface area contributed by atoms with Crippen LogP contribution in [0, 0.1) is 18.3 Å². The predicted molar refractivity (Wildman–Crippen MR) is 95.5 cm³/mol. The molecular formula is C18H20N4O4. The lowest BCUT2D eigenvalue weighted by Gasteiger charge is -2.12. The van der Waals surface area contributed by atoms with Gasteiger partial charge >= 0.3 is 0 Å². The number of hydrogen-bond acceptors (Lipinski definition) is 7. The molecule has 0 aliphatic heterocycles. The second-order valence-electron chi connectivity index (χ2n) is 5.49. The number of aromatic nitrogens is 1. The van der Waals surface area contributed by atoms with Crippen molar-refractivity contribution < 1.29 is 14.6 Å². The van der Waals surface area contributed by atoms with Crippen molar-refractivity contribution in [1.29, 1.82) is 5.26 Å². The van der Waals surface area contributed by atoms with Gasteiger partial charge in [-0.25, -0.2) is 0 Å². The highest BCUT2D eigenvalue weighted by molar-refractivity contribution is 5.56. The number of hydrogen-bond donors (Lipinski definition) is 1. The van der Waals surface area contributed by atoms with Crippen LogP contribution in [-0.4, -0.2) is 30.5 Å². The van der Waals surface area contributed by atoms with Crippen LogP contribution in [0.5, 0.6) is 11.6 Å². The van der Waals surface area contributed by atoms with Crippen LogP contribution >= 0.6 is 0 Å². The van der Waals surface area contributed by atoms with E-state index in [0.29, 0.717) is 24.5 Å². The van der Waals surface area contributed by atoms with E-state index in [2.05, 4.69) is 10.2 Å². The van der Waals surface area contributed by atoms with Crippen LogP contribution in [0.15, 0.2) is 39.3 Å². The average molecular weight is 356 g/mol. The Labute approximate surface area is 150 Å². The van der Waals surface area contributed by atoms with E-state index >= 15 is 0 Å². The molecule has 0 atom stereocenters. The van der Waals surface area contributed by atoms with E-state index in [4.69, 9.17) is 9.47 Å². The highest BCUT2D eigenvalue weighted by Crippen LogP contribution is 2.27. The van der Waals surface area contributed by atoms with Crippen molar-refractivity contribution in [1.82, 2.24) is 4.57 Å². The van der Waals surface area contributed by atoms with Crippen molar-refractivity contribution in [3.8, 4) is 17.7 Å². The minimum Gasteiger partial charge on any atom is -0.497 e. The van der Waals surface area contributed by atoms with Crippen molar-refractivity contribution >= 4 is 11.4 Å². The average Bonchev–Trinajstić information content (AvgIpc) is 2.65. The number of rotatable bonds is 7. The smallest absolute Gasteiger partial charge is 0.281 e. The molecule has 8 nitrogen and oxygen atoms in total. The largest absolute Gasteiger partial charge is 0.497 e. The monoisotopic (exact) mass is 356 g/mol. The minimum absolute atomic E-state index is 0.00149. The highest BCUT2D eigenvalue weighted by atomic mass is 16.5. The molecule has 0 radical (unpaired) electrons. The maximum atomic E-state index is 12.7. The molecule has 0 spiro atoms. The van der Waals surface area contributed by atoms with Crippen LogP contribution in [0.4, 0.5) is 11.4 Å². The summed E-state index contributed by atoms with van der Waals surface area (Å²) in [6, 6.07) is 8.81. The van der Waals surface area contributed by atoms with Crippen molar-refractivity contribution in [3.63, 3.8) is 0 Å². The first-order valence-electron chi connectivity index (χ1n) is 7.94. The molecule has 1 aromatic carbocycles. The lowest BCUT2D eigenvalue weighted by molar-refractivity contribution is 0.188. The molecule has 136 valence electrons. The third-order valence-electron chi connectivity index (χ3n) is 3.82. The summed E-state index contributed by atoms with van der Waals surface area (Å²) in [5.74, 6) is 0.241. The molecule has 0 saturated heterocycles. The Hall–Kier alpha value is -3.18. The van der Waals surface area contributed by atoms with Gasteiger partial charge in [-0.1, -0.05) is 6.07 Å². The Bertz CT molecular complexity index is 913. The molecule has 26 heavy (non-hydrogen) atoms. The van der Waals surface area contributed by atoms with Gasteiger partial charge in [0.25, 0.3) is 5.56 Å². The number of nitriles is 1. The van der Waals surface area contributed by atoms with Gasteiger partial charge in [-0.15, -0.1) is 5.11 Å². The van der Waals surface area contributed by atoms with Crippen molar-refractivity contribution in [3.05, 3.63) is 45.7 Å². The molecule has 1 aromatic heterocycles. The number of pyridine rings is 1. The van der Waals surface area contributed by atoms with Crippen LogP contribution in [0.25, 0.3) is 0 Å². The third-order valence-corrected chi connectivity index (χ3v) is 3.82. The molecule has 0 unspecified atom stereocenters. The summed E-state index contributed by atoms with van der Waals surface area (Å²) in [6.07, 6.45) is 0.504. The fourth-order valence-electron chi connectivity index (χ4n) is 2.41. The Morgan fingerprint density at radius 2 is 2.08 bits per heavy atom. The predicted octanol–water partition coefficient (Wildman–Crippen LogP) is 3.19. The molecular weight excluding hydrogens is 336 g/mol. The zero-order valence-electron chi connectivity index (χ0n) is 14.9. The highest BCUT2D eigenvalue weighted by Gasteiger charge is 2.18. The van der Waals surface area contributed by atoms with Crippen LogP contribution in [0.3, 0.4) is 0 Å². The van der Waals surface area contributed by atoms with E-state index in [9.17, 15) is 15.2 Å². The van der Waals surface area contributed by atoms with Crippen LogP contribution in [0.1, 0.15) is 17.5 Å². The van der Waals surface area contributed by atoms with E-state index in [-0.39, 0.29) is 29.2 Å². The first kappa shape index (κ1) is 19.1. The lowest BCUT2D eigenvalue weighted by atomic mass is 10.1. The molecule has 8 heteroatoms. The quantitative estimate of drug-likeness (QED) is 0.605. The summed E-state index contributed by atoms with van der Waals surface area (Å²) >= 11 is 0. The Balaban J connectivity index is 2.50. The van der Waals surface area contributed by atoms with E-state index in [1.165, 1.54) is 7.11 Å². The van der Waals surface area contributed by atoms with Gasteiger partial charge in [0, 0.05) is 31.9 Å². The Morgan fingerprint density at radius 3 is 2.73 bits per heavy atom. The van der Waals surface area contributed by atoms with Gasteiger partial charge in [0.05, 0.1) is 12.8 Å². The van der Waals surface area contributed by atoms with Crippen LogP contribution in [-0.2, 0) is 11.3 Å². The topological polar surface area (TPSA) is 109 Å². The zero-order chi connectivity index (χ0) is 19.1. The SMILES string of the molecule is COCCCn1c(O)c(C#N)c(C)c(N=Nc2cccc(OC)c2)c1=O. The molecule has 0 aliphatic rings. The fraction of sp³-hybridized carbons (Fsp3) is 0.333. The Kier molecular flexibility index (Phi) is 6.47. The molecule has 1 heterocycles. The molecule has 0 amide bonds. The number of methoxy groups -OCH3 is 2. The summed E-state index contributed by atoms with van der Waals surface area (Å²) in [5, 5.41) is 27.7. The van der Waals surface area contributed by atoms with Gasteiger partial charge in [-0.3, -0.25) is 9.36 Å². The van der Waals surface area contributed by atoms with Gasteiger partial charge in [-0.2, -0.15) is 10.4 Å². The van der Waals surface area contributed by atoms with Crippen molar-refractivity contribution in [2.24, 2.45) is 10.2 Å². The molecule has 0 saturated carbocycles. The van der Waals surface area contributed by atoms with Gasteiger partial charge in [-0.05, 0) is 25.5 Å². The van der Waals surface area contributed by atoms with Gasteiger partial charge < -0.3 is 14.6 Å². The summed E-state index contributed by atoms with van der Waals surface area (Å²) in [7, 11) is 3.09. The van der Waals surface area contributed by atoms with Gasteiger partial charge in [0.1, 0.15) is 17.4 Å². The lowest BCUT2D eigenvalue weighted by Crippen LogP contribution is -2.22.